The van der Waals surface area contributed by atoms with Crippen LogP contribution in [0.2, 0.25) is 5.02 Å². The molecule has 0 aliphatic heterocycles. The number of ether oxygens (including phenoxy) is 1. The maximum atomic E-state index is 13.1. The lowest BCUT2D eigenvalue weighted by atomic mass is 10.1. The molecule has 2 rings (SSSR count). The monoisotopic (exact) mass is 327 g/mol. The van der Waals surface area contributed by atoms with Gasteiger partial charge in [-0.2, -0.15) is 18.4 Å². The third kappa shape index (κ3) is 3.40. The molecule has 1 aromatic heterocycles. The highest BCUT2D eigenvalue weighted by molar-refractivity contribution is 6.31. The molecule has 0 unspecified atom stereocenters. The zero-order chi connectivity index (χ0) is 16.3. The van der Waals surface area contributed by atoms with Gasteiger partial charge in [-0.25, -0.2) is 4.98 Å². The second-order valence-electron chi connectivity index (χ2n) is 4.20. The molecular formula is C14H9ClF3N3O. The van der Waals surface area contributed by atoms with Crippen LogP contribution in [-0.4, -0.2) is 12.1 Å². The van der Waals surface area contributed by atoms with Crippen molar-refractivity contribution in [3.05, 3.63) is 46.7 Å². The fourth-order valence-corrected chi connectivity index (χ4v) is 1.95. The first-order valence-corrected chi connectivity index (χ1v) is 6.31. The summed E-state index contributed by atoms with van der Waals surface area (Å²) < 4.78 is 44.1. The average molecular weight is 328 g/mol. The molecule has 22 heavy (non-hydrogen) atoms. The minimum atomic E-state index is -4.55. The molecule has 0 aliphatic carbocycles. The second kappa shape index (κ2) is 6.12. The lowest BCUT2D eigenvalue weighted by Crippen LogP contribution is -2.09. The van der Waals surface area contributed by atoms with E-state index in [0.717, 1.165) is 6.07 Å². The van der Waals surface area contributed by atoms with E-state index in [-0.39, 0.29) is 27.8 Å². The number of anilines is 2. The zero-order valence-electron chi connectivity index (χ0n) is 11.2. The van der Waals surface area contributed by atoms with Crippen molar-refractivity contribution in [2.45, 2.75) is 6.18 Å². The van der Waals surface area contributed by atoms with Gasteiger partial charge >= 0.3 is 6.18 Å². The number of alkyl halides is 3. The van der Waals surface area contributed by atoms with Gasteiger partial charge in [0.2, 0.25) is 0 Å². The van der Waals surface area contributed by atoms with Gasteiger partial charge in [0.15, 0.2) is 5.69 Å². The third-order valence-electron chi connectivity index (χ3n) is 2.76. The molecule has 1 heterocycles. The summed E-state index contributed by atoms with van der Waals surface area (Å²) >= 11 is 5.81. The van der Waals surface area contributed by atoms with Gasteiger partial charge < -0.3 is 10.1 Å². The van der Waals surface area contributed by atoms with Crippen LogP contribution in [0.3, 0.4) is 0 Å². The molecule has 1 N–H and O–H groups in total. The Labute approximate surface area is 129 Å². The Kier molecular flexibility index (Phi) is 4.43. The number of halogens is 4. The molecular weight excluding hydrogens is 319 g/mol. The summed E-state index contributed by atoms with van der Waals surface area (Å²) in [5, 5.41) is 11.4. The molecule has 0 spiro atoms. The Morgan fingerprint density at radius 3 is 2.59 bits per heavy atom. The normalized spacial score (nSPS) is 10.9. The number of nitrogens with zero attached hydrogens (tertiary/aromatic N) is 2. The molecule has 0 saturated heterocycles. The predicted octanol–water partition coefficient (Wildman–Crippen LogP) is 4.38. The molecule has 0 bridgehead atoms. The van der Waals surface area contributed by atoms with Gasteiger partial charge in [-0.15, -0.1) is 0 Å². The number of nitriles is 1. The molecule has 4 nitrogen and oxygen atoms in total. The number of aromatic nitrogens is 1. The van der Waals surface area contributed by atoms with Gasteiger partial charge in [-0.05, 0) is 24.3 Å². The fraction of sp³-hybridized carbons (Fsp3) is 0.143. The Bertz CT molecular complexity index is 741. The van der Waals surface area contributed by atoms with Crippen LogP contribution in [0.15, 0.2) is 30.5 Å². The highest BCUT2D eigenvalue weighted by Crippen LogP contribution is 2.38. The van der Waals surface area contributed by atoms with Crippen LogP contribution in [0.5, 0.6) is 5.75 Å². The van der Waals surface area contributed by atoms with E-state index in [4.69, 9.17) is 21.6 Å². The zero-order valence-corrected chi connectivity index (χ0v) is 12.0. The standard InChI is InChI=1S/C14H9ClF3N3O/c1-22-9-2-3-12(10(5-9)14(16,17)18)21-8-4-11(15)13(6-19)20-7-8/h2-5,7,21H,1H3. The molecule has 114 valence electrons. The van der Waals surface area contributed by atoms with Crippen molar-refractivity contribution in [2.75, 3.05) is 12.4 Å². The average Bonchev–Trinajstić information content (AvgIpc) is 2.47. The smallest absolute Gasteiger partial charge is 0.418 e. The molecule has 0 amide bonds. The Balaban J connectivity index is 2.41. The third-order valence-corrected chi connectivity index (χ3v) is 3.05. The van der Waals surface area contributed by atoms with Crippen LogP contribution in [0.1, 0.15) is 11.3 Å². The summed E-state index contributed by atoms with van der Waals surface area (Å²) in [5.41, 5.74) is -0.819. The summed E-state index contributed by atoms with van der Waals surface area (Å²) in [7, 11) is 1.28. The Morgan fingerprint density at radius 2 is 2.05 bits per heavy atom. The maximum absolute atomic E-state index is 13.1. The van der Waals surface area contributed by atoms with Gasteiger partial charge in [-0.3, -0.25) is 0 Å². The molecule has 0 aliphatic rings. The summed E-state index contributed by atoms with van der Waals surface area (Å²) in [4.78, 5) is 3.76. The number of methoxy groups -OCH3 is 1. The molecule has 2 aromatic rings. The van der Waals surface area contributed by atoms with Crippen LogP contribution in [0.25, 0.3) is 0 Å². The number of pyridine rings is 1. The summed E-state index contributed by atoms with van der Waals surface area (Å²) in [6.07, 6.45) is -3.32. The summed E-state index contributed by atoms with van der Waals surface area (Å²) in [6.45, 7) is 0. The van der Waals surface area contributed by atoms with Crippen molar-refractivity contribution >= 4 is 23.0 Å². The first kappa shape index (κ1) is 15.9. The highest BCUT2D eigenvalue weighted by atomic mass is 35.5. The topological polar surface area (TPSA) is 57.9 Å². The first-order valence-electron chi connectivity index (χ1n) is 5.93. The van der Waals surface area contributed by atoms with Gasteiger partial charge in [0.05, 0.1) is 35.3 Å². The van der Waals surface area contributed by atoms with Crippen molar-refractivity contribution < 1.29 is 17.9 Å². The molecule has 0 fully saturated rings. The van der Waals surface area contributed by atoms with Crippen LogP contribution in [0, 0.1) is 11.3 Å². The minimum absolute atomic E-state index is 0.00186. The Morgan fingerprint density at radius 1 is 1.32 bits per heavy atom. The van der Waals surface area contributed by atoms with Gasteiger partial charge in [0, 0.05) is 0 Å². The number of benzene rings is 1. The van der Waals surface area contributed by atoms with E-state index in [1.54, 1.807) is 6.07 Å². The van der Waals surface area contributed by atoms with E-state index in [0.29, 0.717) is 0 Å². The van der Waals surface area contributed by atoms with Crippen LogP contribution in [-0.2, 0) is 6.18 Å². The van der Waals surface area contributed by atoms with Gasteiger partial charge in [-0.1, -0.05) is 11.6 Å². The van der Waals surface area contributed by atoms with E-state index in [1.165, 1.54) is 31.5 Å². The van der Waals surface area contributed by atoms with Crippen molar-refractivity contribution in [3.63, 3.8) is 0 Å². The fourth-order valence-electron chi connectivity index (χ4n) is 1.74. The number of nitrogens with one attached hydrogen (secondary N) is 1. The lowest BCUT2D eigenvalue weighted by molar-refractivity contribution is -0.137. The van der Waals surface area contributed by atoms with E-state index in [2.05, 4.69) is 10.3 Å². The molecule has 8 heteroatoms. The van der Waals surface area contributed by atoms with Crippen molar-refractivity contribution in [1.29, 1.82) is 5.26 Å². The van der Waals surface area contributed by atoms with Crippen molar-refractivity contribution in [3.8, 4) is 11.8 Å². The molecule has 0 saturated carbocycles. The number of rotatable bonds is 3. The van der Waals surface area contributed by atoms with E-state index < -0.39 is 11.7 Å². The Hall–Kier alpha value is -2.46. The van der Waals surface area contributed by atoms with Crippen molar-refractivity contribution in [2.24, 2.45) is 0 Å². The second-order valence-corrected chi connectivity index (χ2v) is 4.61. The maximum Gasteiger partial charge on any atom is 0.418 e. The number of hydrogen-bond donors (Lipinski definition) is 1. The van der Waals surface area contributed by atoms with Gasteiger partial charge in [0.25, 0.3) is 0 Å². The van der Waals surface area contributed by atoms with Crippen LogP contribution >= 0.6 is 11.6 Å². The largest absolute Gasteiger partial charge is 0.497 e. The van der Waals surface area contributed by atoms with Gasteiger partial charge in [0.1, 0.15) is 11.8 Å². The summed E-state index contributed by atoms with van der Waals surface area (Å²) in [5.74, 6) is 0.0915. The van der Waals surface area contributed by atoms with E-state index >= 15 is 0 Å². The first-order chi connectivity index (χ1) is 10.3. The molecule has 0 atom stereocenters. The summed E-state index contributed by atoms with van der Waals surface area (Å²) in [6, 6.07) is 6.63. The quantitative estimate of drug-likeness (QED) is 0.909. The highest BCUT2D eigenvalue weighted by Gasteiger charge is 2.34. The molecule has 1 aromatic carbocycles. The SMILES string of the molecule is COc1ccc(Nc2cnc(C#N)c(Cl)c2)c(C(F)(F)F)c1. The van der Waals surface area contributed by atoms with E-state index in [1.807, 2.05) is 0 Å². The lowest BCUT2D eigenvalue weighted by Gasteiger charge is -2.15. The van der Waals surface area contributed by atoms with Crippen LogP contribution in [0.4, 0.5) is 24.5 Å². The van der Waals surface area contributed by atoms with Crippen molar-refractivity contribution in [1.82, 2.24) is 4.98 Å². The number of hydrogen-bond acceptors (Lipinski definition) is 4. The van der Waals surface area contributed by atoms with E-state index in [9.17, 15) is 13.2 Å². The predicted molar refractivity (Wildman–Crippen MR) is 75.2 cm³/mol. The minimum Gasteiger partial charge on any atom is -0.497 e. The molecule has 0 radical (unpaired) electrons. The van der Waals surface area contributed by atoms with Crippen LogP contribution < -0.4 is 10.1 Å².